The van der Waals surface area contributed by atoms with E-state index in [2.05, 4.69) is 28.2 Å². The van der Waals surface area contributed by atoms with Crippen molar-refractivity contribution in [2.24, 2.45) is 0 Å². The summed E-state index contributed by atoms with van der Waals surface area (Å²) < 4.78 is 12.0. The van der Waals surface area contributed by atoms with Gasteiger partial charge in [0.05, 0.1) is 19.4 Å². The van der Waals surface area contributed by atoms with Crippen LogP contribution < -0.4 is 14.8 Å². The average Bonchev–Trinajstić information content (AvgIpc) is 2.66. The Morgan fingerprint density at radius 2 is 1.96 bits per heavy atom. The number of para-hydroxylation sites is 1. The molecule has 0 atom stereocenters. The van der Waals surface area contributed by atoms with Gasteiger partial charge in [0.2, 0.25) is 5.91 Å². The molecule has 0 aliphatic carbocycles. The Bertz CT molecular complexity index is 759. The Kier molecular flexibility index (Phi) is 8.22. The predicted octanol–water partition coefficient (Wildman–Crippen LogP) is 5.68. The van der Waals surface area contributed by atoms with E-state index in [0.29, 0.717) is 12.4 Å². The average molecular weight is 418 g/mol. The first-order valence-corrected chi connectivity index (χ1v) is 9.47. The normalized spacial score (nSPS) is 10.7. The first kappa shape index (κ1) is 20.0. The van der Waals surface area contributed by atoms with Crippen LogP contribution in [0.15, 0.2) is 53.0 Å². The number of benzene rings is 2. The van der Waals surface area contributed by atoms with E-state index in [1.54, 1.807) is 13.2 Å². The number of rotatable bonds is 9. The third-order valence-corrected chi connectivity index (χ3v) is 4.44. The van der Waals surface area contributed by atoms with Crippen molar-refractivity contribution in [1.29, 1.82) is 0 Å². The quantitative estimate of drug-likeness (QED) is 0.421. The van der Waals surface area contributed by atoms with E-state index >= 15 is 0 Å². The standard InChI is InChI=1S/C21H24BrNO3/c1-3-4-7-14-26-19-12-10-16(15-20(19)25-2)11-13-21(24)23-18-9-6-5-8-17(18)22/h5-6,8-13,15H,3-4,7,14H2,1-2H3,(H,23,24). The molecule has 0 aliphatic rings. The van der Waals surface area contributed by atoms with E-state index in [4.69, 9.17) is 9.47 Å². The highest BCUT2D eigenvalue weighted by molar-refractivity contribution is 9.10. The Morgan fingerprint density at radius 3 is 2.69 bits per heavy atom. The molecule has 0 unspecified atom stereocenters. The highest BCUT2D eigenvalue weighted by Crippen LogP contribution is 2.29. The van der Waals surface area contributed by atoms with Crippen LogP contribution in [0.1, 0.15) is 31.7 Å². The SMILES string of the molecule is CCCCCOc1ccc(C=CC(=O)Nc2ccccc2Br)cc1OC. The number of unbranched alkanes of at least 4 members (excludes halogenated alkanes) is 2. The zero-order chi connectivity index (χ0) is 18.8. The van der Waals surface area contributed by atoms with E-state index in [0.717, 1.165) is 40.7 Å². The van der Waals surface area contributed by atoms with Gasteiger partial charge in [-0.05, 0) is 58.3 Å². The van der Waals surface area contributed by atoms with Gasteiger partial charge in [-0.1, -0.05) is 38.0 Å². The van der Waals surface area contributed by atoms with Crippen molar-refractivity contribution in [2.75, 3.05) is 19.0 Å². The maximum Gasteiger partial charge on any atom is 0.248 e. The molecular formula is C21H24BrNO3. The van der Waals surface area contributed by atoms with Crippen LogP contribution in [-0.2, 0) is 4.79 Å². The van der Waals surface area contributed by atoms with E-state index in [9.17, 15) is 4.79 Å². The molecule has 0 saturated heterocycles. The number of nitrogens with one attached hydrogen (secondary N) is 1. The summed E-state index contributed by atoms with van der Waals surface area (Å²) in [7, 11) is 1.61. The molecule has 0 spiro atoms. The second-order valence-corrected chi connectivity index (χ2v) is 6.62. The highest BCUT2D eigenvalue weighted by atomic mass is 79.9. The number of hydrogen-bond donors (Lipinski definition) is 1. The molecule has 0 aromatic heterocycles. The number of carbonyl (C=O) groups is 1. The van der Waals surface area contributed by atoms with Gasteiger partial charge in [-0.2, -0.15) is 0 Å². The zero-order valence-electron chi connectivity index (χ0n) is 15.1. The predicted molar refractivity (Wildman–Crippen MR) is 110 cm³/mol. The molecule has 138 valence electrons. The minimum atomic E-state index is -0.198. The van der Waals surface area contributed by atoms with Gasteiger partial charge < -0.3 is 14.8 Å². The summed E-state index contributed by atoms with van der Waals surface area (Å²) in [5.74, 6) is 1.18. The van der Waals surface area contributed by atoms with Crippen LogP contribution in [0.25, 0.3) is 6.08 Å². The van der Waals surface area contributed by atoms with Crippen molar-refractivity contribution in [3.05, 3.63) is 58.6 Å². The first-order valence-electron chi connectivity index (χ1n) is 8.68. The molecule has 0 fully saturated rings. The molecule has 2 aromatic rings. The van der Waals surface area contributed by atoms with Gasteiger partial charge in [0.15, 0.2) is 11.5 Å². The number of hydrogen-bond acceptors (Lipinski definition) is 3. The molecule has 26 heavy (non-hydrogen) atoms. The fourth-order valence-corrected chi connectivity index (χ4v) is 2.73. The Labute approximate surface area is 163 Å². The van der Waals surface area contributed by atoms with Gasteiger partial charge in [0.25, 0.3) is 0 Å². The van der Waals surface area contributed by atoms with Crippen molar-refractivity contribution in [2.45, 2.75) is 26.2 Å². The molecule has 5 heteroatoms. The van der Waals surface area contributed by atoms with Gasteiger partial charge in [-0.15, -0.1) is 0 Å². The molecule has 1 N–H and O–H groups in total. The maximum absolute atomic E-state index is 12.1. The van der Waals surface area contributed by atoms with Crippen LogP contribution in [0.4, 0.5) is 5.69 Å². The smallest absolute Gasteiger partial charge is 0.248 e. The lowest BCUT2D eigenvalue weighted by atomic mass is 10.2. The van der Waals surface area contributed by atoms with Gasteiger partial charge >= 0.3 is 0 Å². The van der Waals surface area contributed by atoms with E-state index < -0.39 is 0 Å². The van der Waals surface area contributed by atoms with Crippen LogP contribution >= 0.6 is 15.9 Å². The fourth-order valence-electron chi connectivity index (χ4n) is 2.35. The summed E-state index contributed by atoms with van der Waals surface area (Å²) in [6, 6.07) is 13.1. The molecule has 0 bridgehead atoms. The lowest BCUT2D eigenvalue weighted by molar-refractivity contribution is -0.111. The summed E-state index contributed by atoms with van der Waals surface area (Å²) in [6.07, 6.45) is 6.57. The fraction of sp³-hybridized carbons (Fsp3) is 0.286. The molecule has 1 amide bonds. The van der Waals surface area contributed by atoms with Crippen molar-refractivity contribution in [3.63, 3.8) is 0 Å². The second kappa shape index (κ2) is 10.7. The molecule has 4 nitrogen and oxygen atoms in total. The Balaban J connectivity index is 1.98. The lowest BCUT2D eigenvalue weighted by Gasteiger charge is -2.11. The van der Waals surface area contributed by atoms with Crippen LogP contribution in [0.3, 0.4) is 0 Å². The summed E-state index contributed by atoms with van der Waals surface area (Å²) in [5, 5.41) is 2.83. The van der Waals surface area contributed by atoms with Crippen molar-refractivity contribution in [1.82, 2.24) is 0 Å². The number of amides is 1. The van der Waals surface area contributed by atoms with Gasteiger partial charge in [-0.3, -0.25) is 4.79 Å². The lowest BCUT2D eigenvalue weighted by Crippen LogP contribution is -2.08. The minimum Gasteiger partial charge on any atom is -0.493 e. The van der Waals surface area contributed by atoms with Crippen LogP contribution in [-0.4, -0.2) is 19.6 Å². The summed E-state index contributed by atoms with van der Waals surface area (Å²) >= 11 is 3.41. The molecule has 0 saturated carbocycles. The molecule has 0 aliphatic heterocycles. The number of anilines is 1. The van der Waals surface area contributed by atoms with Gasteiger partial charge in [0.1, 0.15) is 0 Å². The maximum atomic E-state index is 12.1. The number of halogens is 1. The first-order chi connectivity index (χ1) is 12.6. The molecule has 0 radical (unpaired) electrons. The molecule has 0 heterocycles. The van der Waals surface area contributed by atoms with Gasteiger partial charge in [-0.25, -0.2) is 0 Å². The van der Waals surface area contributed by atoms with E-state index in [-0.39, 0.29) is 5.91 Å². The third kappa shape index (κ3) is 6.23. The number of ether oxygens (including phenoxy) is 2. The zero-order valence-corrected chi connectivity index (χ0v) is 16.7. The van der Waals surface area contributed by atoms with E-state index in [1.165, 1.54) is 6.08 Å². The van der Waals surface area contributed by atoms with Crippen molar-refractivity contribution < 1.29 is 14.3 Å². The van der Waals surface area contributed by atoms with Crippen molar-refractivity contribution >= 4 is 33.6 Å². The number of methoxy groups -OCH3 is 1. The van der Waals surface area contributed by atoms with Gasteiger partial charge in [0, 0.05) is 10.5 Å². The number of carbonyl (C=O) groups excluding carboxylic acids is 1. The summed E-state index contributed by atoms with van der Waals surface area (Å²) in [6.45, 7) is 2.84. The van der Waals surface area contributed by atoms with E-state index in [1.807, 2.05) is 42.5 Å². The van der Waals surface area contributed by atoms with Crippen LogP contribution in [0.2, 0.25) is 0 Å². The molecule has 2 rings (SSSR count). The van der Waals surface area contributed by atoms with Crippen molar-refractivity contribution in [3.8, 4) is 11.5 Å². The highest BCUT2D eigenvalue weighted by Gasteiger charge is 2.06. The second-order valence-electron chi connectivity index (χ2n) is 5.77. The molecule has 2 aromatic carbocycles. The minimum absolute atomic E-state index is 0.198. The summed E-state index contributed by atoms with van der Waals surface area (Å²) in [4.78, 5) is 12.1. The molecular weight excluding hydrogens is 394 g/mol. The van der Waals surface area contributed by atoms with Crippen LogP contribution in [0.5, 0.6) is 11.5 Å². The topological polar surface area (TPSA) is 47.6 Å². The Morgan fingerprint density at radius 1 is 1.15 bits per heavy atom. The monoisotopic (exact) mass is 417 g/mol. The third-order valence-electron chi connectivity index (χ3n) is 3.75. The summed E-state index contributed by atoms with van der Waals surface area (Å²) in [5.41, 5.74) is 1.60. The Hall–Kier alpha value is -2.27. The largest absolute Gasteiger partial charge is 0.493 e. The van der Waals surface area contributed by atoms with Crippen LogP contribution in [0, 0.1) is 0 Å².